The van der Waals surface area contributed by atoms with E-state index in [1.807, 2.05) is 7.05 Å². The molecular weight excluding hydrogens is 1340 g/mol. The van der Waals surface area contributed by atoms with Gasteiger partial charge in [0, 0.05) is 75.4 Å². The van der Waals surface area contributed by atoms with Crippen molar-refractivity contribution in [2.24, 2.45) is 29.1 Å². The van der Waals surface area contributed by atoms with Gasteiger partial charge in [0.15, 0.2) is 0 Å². The Bertz CT molecular complexity index is 2000. The summed E-state index contributed by atoms with van der Waals surface area (Å²) in [6.07, 6.45) is 37.6. The maximum atomic E-state index is 13.4. The van der Waals surface area contributed by atoms with Crippen molar-refractivity contribution in [2.75, 3.05) is 135 Å². The van der Waals surface area contributed by atoms with Crippen LogP contribution in [0.1, 0.15) is 279 Å². The molecule has 23 heteroatoms. The van der Waals surface area contributed by atoms with Crippen LogP contribution in [0.25, 0.3) is 0 Å². The summed E-state index contributed by atoms with van der Waals surface area (Å²) in [5.41, 5.74) is 0.169. The van der Waals surface area contributed by atoms with E-state index in [1.165, 1.54) is 83.5 Å². The third-order valence-corrected chi connectivity index (χ3v) is 22.8. The lowest BCUT2D eigenvalue weighted by molar-refractivity contribution is -0.145. The molecule has 2 aliphatic rings. The van der Waals surface area contributed by atoms with Gasteiger partial charge in [0.1, 0.15) is 26.4 Å². The molecule has 4 amide bonds. The molecule has 0 aromatic heterocycles. The van der Waals surface area contributed by atoms with E-state index in [0.717, 1.165) is 189 Å². The summed E-state index contributed by atoms with van der Waals surface area (Å²) in [6.45, 7) is 20.4. The van der Waals surface area contributed by atoms with Crippen molar-refractivity contribution < 1.29 is 57.3 Å². The van der Waals surface area contributed by atoms with Gasteiger partial charge < -0.3 is 54.9 Å². The molecule has 19 nitrogen and oxygen atoms in total. The van der Waals surface area contributed by atoms with E-state index in [-0.39, 0.29) is 102 Å². The number of nitrogens with one attached hydrogen (secondary N) is 4. The minimum atomic E-state index is -0.370. The van der Waals surface area contributed by atoms with E-state index in [9.17, 15) is 38.4 Å². The predicted molar refractivity (Wildman–Crippen MR) is 419 cm³/mol. The van der Waals surface area contributed by atoms with Crippen LogP contribution in [0.3, 0.4) is 0 Å². The summed E-state index contributed by atoms with van der Waals surface area (Å²) >= 11 is 4.57. The van der Waals surface area contributed by atoms with E-state index >= 15 is 0 Å². The zero-order valence-corrected chi connectivity index (χ0v) is 67.3. The summed E-state index contributed by atoms with van der Waals surface area (Å²) in [7, 11) is 2.05. The molecule has 0 aromatic carbocycles. The minimum Gasteiger partial charge on any atom is -0.465 e. The number of nitrogens with zero attached hydrogens (tertiary/aromatic N) is 3. The Morgan fingerprint density at radius 3 is 1.29 bits per heavy atom. The average molecular weight is 1490 g/mol. The van der Waals surface area contributed by atoms with E-state index in [0.29, 0.717) is 112 Å². The number of amides is 4. The Hall–Kier alpha value is -2.96. The molecule has 2 fully saturated rings. The monoisotopic (exact) mass is 1490 g/mol. The van der Waals surface area contributed by atoms with Gasteiger partial charge in [-0.25, -0.2) is 0 Å². The summed E-state index contributed by atoms with van der Waals surface area (Å²) in [6, 6.07) is 0. The van der Waals surface area contributed by atoms with Crippen molar-refractivity contribution in [3.63, 3.8) is 0 Å². The van der Waals surface area contributed by atoms with Gasteiger partial charge in [-0.2, -0.15) is 0 Å². The molecule has 1 saturated heterocycles. The SMILES string of the molecule is CCCCCCC(CCCC)CNC(=O)SCCOC(=O)CCN1CCCN(C)CCCN(CCC(=O)OCCSC(=O)NCC(CCCC)CCCCCC)CCC(=O)OCCSC(=O)NCC(CCCCCC)CC2(CCC2)CC(CCCCCC)CNC(=O)SCCOC(=O)CC1. The smallest absolute Gasteiger partial charge is 0.307 e. The number of hydrogen-bond acceptors (Lipinski definition) is 19. The van der Waals surface area contributed by atoms with Crippen LogP contribution in [-0.2, 0) is 38.1 Å². The Morgan fingerprint density at radius 2 is 0.910 bits per heavy atom. The Morgan fingerprint density at radius 1 is 0.520 bits per heavy atom. The van der Waals surface area contributed by atoms with Crippen LogP contribution in [0.5, 0.6) is 0 Å². The van der Waals surface area contributed by atoms with Gasteiger partial charge >= 0.3 is 23.9 Å². The van der Waals surface area contributed by atoms with Crippen LogP contribution in [0.2, 0.25) is 0 Å². The maximum absolute atomic E-state index is 13.4. The molecule has 0 radical (unpaired) electrons. The number of ether oxygens (including phenoxy) is 4. The largest absolute Gasteiger partial charge is 0.465 e. The molecular formula is C77H143N7O12S4. The number of thioether (sulfide) groups is 4. The second kappa shape index (κ2) is 63.3. The van der Waals surface area contributed by atoms with Crippen molar-refractivity contribution in [2.45, 2.75) is 279 Å². The van der Waals surface area contributed by atoms with E-state index < -0.39 is 0 Å². The van der Waals surface area contributed by atoms with Crippen molar-refractivity contribution in [1.29, 1.82) is 0 Å². The lowest BCUT2D eigenvalue weighted by Gasteiger charge is -2.46. The fourth-order valence-electron chi connectivity index (χ4n) is 13.5. The summed E-state index contributed by atoms with van der Waals surface area (Å²) in [5, 5.41) is 12.3. The topological polar surface area (TPSA) is 231 Å². The van der Waals surface area contributed by atoms with Gasteiger partial charge in [-0.15, -0.1) is 0 Å². The van der Waals surface area contributed by atoms with E-state index in [4.69, 9.17) is 18.9 Å². The minimum absolute atomic E-state index is 0.0991. The predicted octanol–water partition coefficient (Wildman–Crippen LogP) is 17.5. The molecule has 1 heterocycles. The second-order valence-electron chi connectivity index (χ2n) is 28.6. The third-order valence-electron chi connectivity index (χ3n) is 19.7. The van der Waals surface area contributed by atoms with Crippen LogP contribution >= 0.6 is 47.0 Å². The standard InChI is InChI=1S/C77H143N7O12S4/c1-8-14-20-24-33-65(31-18-12-5)61-78-73(89)97-55-51-93-69(85)37-47-83-45-29-43-82(7)44-30-46-84(48-38-70(86)94-52-56-98-74(90)79-62-66(32-19-13-6)34-25-21-15-9-2)50-40-72(88)96-54-58-100-76(92)81-64-68(36-27-23-17-11-4)60-77(41-28-42-77)59-67(35-26-22-16-10-3)63-80-75(91)99-57-53-95-71(87)39-49-83/h65-68H,8-64H2,1-7H3,(H,78,89)(H,79,90)(H,80,91)(H,81,92). The van der Waals surface area contributed by atoms with E-state index in [1.54, 1.807) is 0 Å². The first-order valence-corrected chi connectivity index (χ1v) is 43.9. The highest BCUT2D eigenvalue weighted by atomic mass is 32.2. The summed E-state index contributed by atoms with van der Waals surface area (Å²) in [4.78, 5) is 112. The number of carbonyl (C=O) groups is 8. The lowest BCUT2D eigenvalue weighted by atomic mass is 9.59. The fraction of sp³-hybridized carbons (Fsp3) is 0.896. The molecule has 582 valence electrons. The van der Waals surface area contributed by atoms with Gasteiger partial charge in [-0.05, 0) is 139 Å². The van der Waals surface area contributed by atoms with Gasteiger partial charge in [0.2, 0.25) is 0 Å². The molecule has 1 spiro atoms. The summed E-state index contributed by atoms with van der Waals surface area (Å²) in [5.74, 6) is 1.51. The molecule has 2 rings (SSSR count). The molecule has 4 N–H and O–H groups in total. The number of cyclic esters (lactones) is 2. The molecule has 1 aliphatic carbocycles. The zero-order valence-electron chi connectivity index (χ0n) is 64.0. The lowest BCUT2D eigenvalue weighted by Crippen LogP contribution is -2.39. The number of unbranched alkanes of at least 4 members (excludes halogenated alkanes) is 14. The van der Waals surface area contributed by atoms with Crippen molar-refractivity contribution >= 4 is 91.9 Å². The molecule has 1 aliphatic heterocycles. The van der Waals surface area contributed by atoms with Crippen LogP contribution < -0.4 is 21.3 Å². The Balaban J connectivity index is 2.20. The highest BCUT2D eigenvalue weighted by molar-refractivity contribution is 8.14. The third kappa shape index (κ3) is 52.1. The summed E-state index contributed by atoms with van der Waals surface area (Å²) < 4.78 is 22.6. The molecule has 4 unspecified atom stereocenters. The number of esters is 4. The van der Waals surface area contributed by atoms with Crippen LogP contribution in [0.4, 0.5) is 19.2 Å². The number of carbonyl (C=O) groups excluding carboxylic acids is 8. The second-order valence-corrected chi connectivity index (χ2v) is 32.8. The van der Waals surface area contributed by atoms with Crippen LogP contribution in [0.15, 0.2) is 0 Å². The van der Waals surface area contributed by atoms with Crippen LogP contribution in [0, 0.1) is 29.1 Å². The van der Waals surface area contributed by atoms with Gasteiger partial charge in [0.25, 0.3) is 21.0 Å². The van der Waals surface area contributed by atoms with Gasteiger partial charge in [-0.3, -0.25) is 38.4 Å². The molecule has 0 bridgehead atoms. The van der Waals surface area contributed by atoms with Crippen molar-refractivity contribution in [3.05, 3.63) is 0 Å². The van der Waals surface area contributed by atoms with Crippen molar-refractivity contribution in [3.8, 4) is 0 Å². The van der Waals surface area contributed by atoms with Crippen LogP contribution in [-0.4, -0.2) is 195 Å². The Kier molecular flexibility index (Phi) is 59.0. The fourth-order valence-corrected chi connectivity index (χ4v) is 15.7. The highest BCUT2D eigenvalue weighted by Crippen LogP contribution is 2.51. The van der Waals surface area contributed by atoms with Gasteiger partial charge in [0.05, 0.1) is 25.7 Å². The first kappa shape index (κ1) is 93.1. The Labute approximate surface area is 624 Å². The zero-order chi connectivity index (χ0) is 73.0. The van der Waals surface area contributed by atoms with Gasteiger partial charge in [-0.1, -0.05) is 223 Å². The average Bonchev–Trinajstić information content (AvgIpc) is 0.805. The molecule has 1 saturated carbocycles. The van der Waals surface area contributed by atoms with E-state index in [2.05, 4.69) is 77.5 Å². The quantitative estimate of drug-likeness (QED) is 0.0253. The number of hydrogen-bond donors (Lipinski definition) is 4. The molecule has 0 aromatic rings. The first-order chi connectivity index (χ1) is 48.5. The first-order valence-electron chi connectivity index (χ1n) is 39.9. The molecule has 4 atom stereocenters. The normalized spacial score (nSPS) is 19.4. The molecule has 100 heavy (non-hydrogen) atoms. The van der Waals surface area contributed by atoms with Crippen molar-refractivity contribution in [1.82, 2.24) is 36.0 Å². The highest BCUT2D eigenvalue weighted by Gasteiger charge is 2.40. The number of rotatable bonds is 42. The maximum Gasteiger partial charge on any atom is 0.307 e.